The fraction of sp³-hybridized carbons (Fsp3) is 0.913. The van der Waals surface area contributed by atoms with E-state index < -0.39 is 0 Å². The molecule has 0 fully saturated rings. The second kappa shape index (κ2) is 10.6. The van der Waals surface area contributed by atoms with Gasteiger partial charge in [-0.1, -0.05) is 86.8 Å². The van der Waals surface area contributed by atoms with Crippen molar-refractivity contribution in [2.45, 2.75) is 107 Å². The lowest BCUT2D eigenvalue weighted by Gasteiger charge is -2.38. The Kier molecular flexibility index (Phi) is 10.5. The molecule has 0 amide bonds. The number of rotatable bonds is 13. The van der Waals surface area contributed by atoms with Crippen molar-refractivity contribution in [1.29, 1.82) is 0 Å². The van der Waals surface area contributed by atoms with Crippen LogP contribution in [-0.2, 0) is 0 Å². The molecule has 1 heteroatoms. The van der Waals surface area contributed by atoms with E-state index in [0.717, 1.165) is 0 Å². The van der Waals surface area contributed by atoms with Crippen LogP contribution in [0.2, 0.25) is 0 Å². The molecule has 0 heterocycles. The largest absolute Gasteiger partial charge is 0.317 e. The Morgan fingerprint density at radius 3 is 1.88 bits per heavy atom. The summed E-state index contributed by atoms with van der Waals surface area (Å²) in [4.78, 5) is 0. The van der Waals surface area contributed by atoms with Gasteiger partial charge in [-0.05, 0) is 61.4 Å². The van der Waals surface area contributed by atoms with Crippen LogP contribution in [0.5, 0.6) is 0 Å². The molecule has 0 aliphatic carbocycles. The zero-order valence-electron chi connectivity index (χ0n) is 18.3. The van der Waals surface area contributed by atoms with Crippen molar-refractivity contribution in [1.82, 2.24) is 5.32 Å². The lowest BCUT2D eigenvalue weighted by Crippen LogP contribution is -2.27. The molecule has 0 saturated heterocycles. The predicted octanol–water partition coefficient (Wildman–Crippen LogP) is 7.37. The highest BCUT2D eigenvalue weighted by molar-refractivity contribution is 5.14. The molecular weight excluding hydrogens is 290 g/mol. The fourth-order valence-electron chi connectivity index (χ4n) is 3.44. The molecule has 0 bridgehead atoms. The highest BCUT2D eigenvalue weighted by Crippen LogP contribution is 2.43. The minimum absolute atomic E-state index is 0.204. The Morgan fingerprint density at radius 1 is 0.750 bits per heavy atom. The summed E-state index contributed by atoms with van der Waals surface area (Å²) in [5.74, 6) is 0. The quantitative estimate of drug-likeness (QED) is 0.273. The van der Waals surface area contributed by atoms with Crippen molar-refractivity contribution in [3.05, 3.63) is 12.2 Å². The van der Waals surface area contributed by atoms with E-state index in [1.165, 1.54) is 70.0 Å². The van der Waals surface area contributed by atoms with E-state index in [1.54, 1.807) is 0 Å². The summed E-state index contributed by atoms with van der Waals surface area (Å²) in [5.41, 5.74) is 2.25. The average molecular weight is 338 g/mol. The first-order valence-electron chi connectivity index (χ1n) is 10.3. The van der Waals surface area contributed by atoms with Crippen LogP contribution in [0.3, 0.4) is 0 Å². The van der Waals surface area contributed by atoms with E-state index in [1.807, 2.05) is 0 Å². The molecule has 0 unspecified atom stereocenters. The van der Waals surface area contributed by atoms with Crippen molar-refractivity contribution in [2.75, 3.05) is 13.1 Å². The van der Waals surface area contributed by atoms with Gasteiger partial charge in [0, 0.05) is 0 Å². The Balaban J connectivity index is 4.03. The van der Waals surface area contributed by atoms with Crippen LogP contribution in [0.25, 0.3) is 0 Å². The maximum Gasteiger partial charge on any atom is -0.00487 e. The van der Waals surface area contributed by atoms with Gasteiger partial charge in [0.25, 0.3) is 0 Å². The lowest BCUT2D eigenvalue weighted by atomic mass is 9.67. The third-order valence-corrected chi connectivity index (χ3v) is 5.56. The smallest absolute Gasteiger partial charge is 0.00487 e. The number of nitrogens with one attached hydrogen (secondary N) is 1. The van der Waals surface area contributed by atoms with Crippen LogP contribution in [0.1, 0.15) is 107 Å². The lowest BCUT2D eigenvalue weighted by molar-refractivity contribution is 0.227. The van der Waals surface area contributed by atoms with Crippen LogP contribution in [0.4, 0.5) is 0 Å². The molecule has 1 nitrogen and oxygen atoms in total. The van der Waals surface area contributed by atoms with E-state index in [2.05, 4.69) is 67.3 Å². The van der Waals surface area contributed by atoms with Crippen molar-refractivity contribution in [3.63, 3.8) is 0 Å². The van der Waals surface area contributed by atoms with E-state index >= 15 is 0 Å². The van der Waals surface area contributed by atoms with E-state index in [9.17, 15) is 0 Å². The molecule has 0 aromatic heterocycles. The Hall–Kier alpha value is -0.300. The molecule has 0 aromatic rings. The maximum atomic E-state index is 4.41. The molecular formula is C23H47N. The first-order valence-corrected chi connectivity index (χ1v) is 10.3. The zero-order valence-corrected chi connectivity index (χ0v) is 18.3. The van der Waals surface area contributed by atoms with Gasteiger partial charge in [-0.15, -0.1) is 0 Å². The first-order chi connectivity index (χ1) is 10.9. The molecule has 0 saturated carbocycles. The molecule has 0 aliphatic rings. The van der Waals surface area contributed by atoms with Crippen molar-refractivity contribution < 1.29 is 0 Å². The molecule has 1 N–H and O–H groups in total. The Labute approximate surface area is 154 Å². The monoisotopic (exact) mass is 337 g/mol. The maximum absolute atomic E-state index is 4.41. The summed E-state index contributed by atoms with van der Waals surface area (Å²) in [6, 6.07) is 0. The van der Waals surface area contributed by atoms with E-state index in [-0.39, 0.29) is 10.8 Å². The highest BCUT2D eigenvalue weighted by Gasteiger charge is 2.31. The summed E-state index contributed by atoms with van der Waals surface area (Å²) in [6.07, 6.45) is 10.5. The van der Waals surface area contributed by atoms with Gasteiger partial charge in [-0.25, -0.2) is 0 Å². The molecule has 24 heavy (non-hydrogen) atoms. The van der Waals surface area contributed by atoms with Gasteiger partial charge >= 0.3 is 0 Å². The molecule has 144 valence electrons. The molecule has 0 spiro atoms. The van der Waals surface area contributed by atoms with Crippen molar-refractivity contribution in [2.24, 2.45) is 16.2 Å². The minimum atomic E-state index is 0.204. The summed E-state index contributed by atoms with van der Waals surface area (Å²) in [5, 5.41) is 3.61. The second-order valence-corrected chi connectivity index (χ2v) is 10.2. The van der Waals surface area contributed by atoms with E-state index in [4.69, 9.17) is 0 Å². The van der Waals surface area contributed by atoms with Gasteiger partial charge in [-0.2, -0.15) is 0 Å². The van der Waals surface area contributed by atoms with Crippen LogP contribution >= 0.6 is 0 Å². The first kappa shape index (κ1) is 23.7. The van der Waals surface area contributed by atoms with Crippen LogP contribution in [0, 0.1) is 16.2 Å². The third-order valence-electron chi connectivity index (χ3n) is 5.56. The number of allylic oxidation sites excluding steroid dienone is 1. The van der Waals surface area contributed by atoms with Gasteiger partial charge in [0.1, 0.15) is 0 Å². The van der Waals surface area contributed by atoms with Gasteiger partial charge in [-0.3, -0.25) is 0 Å². The molecule has 0 rings (SSSR count). The third kappa shape index (κ3) is 10.5. The summed E-state index contributed by atoms with van der Waals surface area (Å²) in [7, 11) is 0. The van der Waals surface area contributed by atoms with E-state index in [0.29, 0.717) is 5.41 Å². The Bertz CT molecular complexity index is 344. The van der Waals surface area contributed by atoms with Crippen LogP contribution in [0.15, 0.2) is 12.2 Å². The highest BCUT2D eigenvalue weighted by atomic mass is 14.8. The number of hydrogen-bond donors (Lipinski definition) is 1. The SMILES string of the molecule is C=C(C(C)(C)C)C(C)(C)CCC(C)(C)CCCNCCCCCC. The van der Waals surface area contributed by atoms with Gasteiger partial charge in [0.05, 0.1) is 0 Å². The molecule has 0 aliphatic heterocycles. The topological polar surface area (TPSA) is 12.0 Å². The number of hydrogen-bond acceptors (Lipinski definition) is 1. The Morgan fingerprint density at radius 2 is 1.33 bits per heavy atom. The molecule has 0 atom stereocenters. The zero-order chi connectivity index (χ0) is 18.9. The summed E-state index contributed by atoms with van der Waals surface area (Å²) < 4.78 is 0. The summed E-state index contributed by atoms with van der Waals surface area (Å²) >= 11 is 0. The van der Waals surface area contributed by atoms with Gasteiger partial charge in [0.2, 0.25) is 0 Å². The predicted molar refractivity (Wildman–Crippen MR) is 112 cm³/mol. The second-order valence-electron chi connectivity index (χ2n) is 10.2. The van der Waals surface area contributed by atoms with Crippen LogP contribution in [-0.4, -0.2) is 13.1 Å². The normalized spacial score (nSPS) is 13.3. The standard InChI is InChI=1S/C23H47N/c1-10-11-12-13-18-24-19-14-15-22(6,7)16-17-23(8,9)20(2)21(3,4)5/h24H,2,10-19H2,1,3-9H3. The van der Waals surface area contributed by atoms with Gasteiger partial charge < -0.3 is 5.32 Å². The average Bonchev–Trinajstić information content (AvgIpc) is 2.46. The van der Waals surface area contributed by atoms with Gasteiger partial charge in [0.15, 0.2) is 0 Å². The number of unbranched alkanes of at least 4 members (excludes halogenated alkanes) is 3. The van der Waals surface area contributed by atoms with Crippen LogP contribution < -0.4 is 5.32 Å². The molecule has 0 radical (unpaired) electrons. The minimum Gasteiger partial charge on any atom is -0.317 e. The van der Waals surface area contributed by atoms with Crippen molar-refractivity contribution in [3.8, 4) is 0 Å². The summed E-state index contributed by atoms with van der Waals surface area (Å²) in [6.45, 7) is 25.5. The molecule has 0 aromatic carbocycles. The fourth-order valence-corrected chi connectivity index (χ4v) is 3.44. The van der Waals surface area contributed by atoms with Crippen molar-refractivity contribution >= 4 is 0 Å².